The molecule has 0 aromatic heterocycles. The Hall–Kier alpha value is -1.00. The summed E-state index contributed by atoms with van der Waals surface area (Å²) in [6.45, 7) is 1.89. The molecule has 0 atom stereocenters. The molecule has 0 saturated heterocycles. The first-order valence-electron chi connectivity index (χ1n) is 5.72. The number of Topliss-reactive ketones (excluding diaryl/α,β-unsaturated/α-hetero) is 1. The van der Waals surface area contributed by atoms with Crippen LogP contribution in [-0.2, 0) is 6.42 Å². The Kier molecular flexibility index (Phi) is 4.53. The van der Waals surface area contributed by atoms with Crippen LogP contribution in [-0.4, -0.2) is 5.78 Å². The zero-order valence-corrected chi connectivity index (χ0v) is 13.4. The molecule has 0 radical (unpaired) electrons. The van der Waals surface area contributed by atoms with Gasteiger partial charge in [-0.2, -0.15) is 0 Å². The first-order chi connectivity index (χ1) is 9.00. The second-order valence-electron chi connectivity index (χ2n) is 4.23. The smallest absolute Gasteiger partial charge is 0.167 e. The third kappa shape index (κ3) is 3.12. The van der Waals surface area contributed by atoms with Gasteiger partial charge in [0.15, 0.2) is 5.78 Å². The van der Waals surface area contributed by atoms with E-state index in [0.29, 0.717) is 15.6 Å². The molecule has 0 aliphatic carbocycles. The van der Waals surface area contributed by atoms with Crippen LogP contribution in [0.25, 0.3) is 0 Å². The van der Waals surface area contributed by atoms with E-state index >= 15 is 0 Å². The van der Waals surface area contributed by atoms with Crippen molar-refractivity contribution in [3.63, 3.8) is 0 Å². The summed E-state index contributed by atoms with van der Waals surface area (Å²) < 4.78 is 14.7. The molecule has 0 fully saturated rings. The zero-order chi connectivity index (χ0) is 14.0. The van der Waals surface area contributed by atoms with E-state index in [1.54, 1.807) is 18.2 Å². The predicted octanol–water partition coefficient (Wildman–Crippen LogP) is 5.08. The van der Waals surface area contributed by atoms with Crippen molar-refractivity contribution >= 4 is 37.6 Å². The minimum atomic E-state index is -0.351. The highest BCUT2D eigenvalue weighted by molar-refractivity contribution is 9.10. The molecule has 0 N–H and O–H groups in total. The average molecular weight is 386 g/mol. The van der Waals surface area contributed by atoms with E-state index in [-0.39, 0.29) is 18.0 Å². The monoisotopic (exact) mass is 384 g/mol. The number of halogens is 3. The van der Waals surface area contributed by atoms with Crippen LogP contribution >= 0.6 is 31.9 Å². The summed E-state index contributed by atoms with van der Waals surface area (Å²) in [5.41, 5.74) is 2.22. The lowest BCUT2D eigenvalue weighted by molar-refractivity contribution is 0.0992. The van der Waals surface area contributed by atoms with E-state index < -0.39 is 0 Å². The van der Waals surface area contributed by atoms with Gasteiger partial charge < -0.3 is 0 Å². The summed E-state index contributed by atoms with van der Waals surface area (Å²) in [7, 11) is 0. The van der Waals surface area contributed by atoms with Gasteiger partial charge in [0.05, 0.1) is 4.47 Å². The summed E-state index contributed by atoms with van der Waals surface area (Å²) in [6, 6.07) is 10.2. The quantitative estimate of drug-likeness (QED) is 0.673. The number of rotatable bonds is 3. The van der Waals surface area contributed by atoms with Crippen molar-refractivity contribution in [1.82, 2.24) is 0 Å². The van der Waals surface area contributed by atoms with Crippen LogP contribution in [0, 0.1) is 12.7 Å². The minimum absolute atomic E-state index is 0.0231. The number of hydrogen-bond donors (Lipinski definition) is 0. The Bertz CT molecular complexity index is 638. The molecule has 0 amide bonds. The van der Waals surface area contributed by atoms with E-state index in [0.717, 1.165) is 10.0 Å². The van der Waals surface area contributed by atoms with Crippen LogP contribution in [0.2, 0.25) is 0 Å². The normalized spacial score (nSPS) is 10.5. The summed E-state index contributed by atoms with van der Waals surface area (Å²) in [5, 5.41) is 0. The van der Waals surface area contributed by atoms with Gasteiger partial charge in [0.2, 0.25) is 0 Å². The van der Waals surface area contributed by atoms with Gasteiger partial charge in [0.1, 0.15) is 5.82 Å². The van der Waals surface area contributed by atoms with Gasteiger partial charge in [-0.1, -0.05) is 40.2 Å². The molecular formula is C15H11Br2FO. The SMILES string of the molecule is Cc1c(Br)cccc1C(=O)Cc1cccc(F)c1Br. The molecule has 0 aliphatic rings. The zero-order valence-electron chi connectivity index (χ0n) is 10.2. The van der Waals surface area contributed by atoms with Crippen molar-refractivity contribution in [2.24, 2.45) is 0 Å². The number of carbonyl (C=O) groups excluding carboxylic acids is 1. The number of benzene rings is 2. The third-order valence-electron chi connectivity index (χ3n) is 2.95. The standard InChI is InChI=1S/C15H11Br2FO/c1-9-11(5-3-6-12(9)16)14(19)8-10-4-2-7-13(18)15(10)17/h2-7H,8H2,1H3. The molecule has 2 aromatic carbocycles. The van der Waals surface area contributed by atoms with E-state index in [9.17, 15) is 9.18 Å². The molecule has 0 heterocycles. The summed E-state index contributed by atoms with van der Waals surface area (Å²) in [6.07, 6.45) is 0.176. The lowest BCUT2D eigenvalue weighted by Gasteiger charge is -2.08. The molecule has 2 rings (SSSR count). The van der Waals surface area contributed by atoms with E-state index in [4.69, 9.17) is 0 Å². The van der Waals surface area contributed by atoms with Crippen LogP contribution in [0.5, 0.6) is 0 Å². The van der Waals surface area contributed by atoms with E-state index in [1.807, 2.05) is 19.1 Å². The fraction of sp³-hybridized carbons (Fsp3) is 0.133. The Morgan fingerprint density at radius 3 is 2.58 bits per heavy atom. The van der Waals surface area contributed by atoms with Gasteiger partial charge in [0.25, 0.3) is 0 Å². The lowest BCUT2D eigenvalue weighted by Crippen LogP contribution is -2.07. The van der Waals surface area contributed by atoms with Gasteiger partial charge in [-0.3, -0.25) is 4.79 Å². The third-order valence-corrected chi connectivity index (χ3v) is 4.70. The van der Waals surface area contributed by atoms with Gasteiger partial charge in [-0.05, 0) is 46.1 Å². The Morgan fingerprint density at radius 1 is 1.16 bits per heavy atom. The molecule has 1 nitrogen and oxygen atoms in total. The molecule has 0 aliphatic heterocycles. The topological polar surface area (TPSA) is 17.1 Å². The fourth-order valence-corrected chi connectivity index (χ4v) is 2.63. The molecule has 98 valence electrons. The average Bonchev–Trinajstić information content (AvgIpc) is 2.38. The summed E-state index contributed by atoms with van der Waals surface area (Å²) in [4.78, 5) is 12.3. The maximum absolute atomic E-state index is 13.4. The molecule has 0 unspecified atom stereocenters. The minimum Gasteiger partial charge on any atom is -0.294 e. The molecule has 0 spiro atoms. The van der Waals surface area contributed by atoms with Crippen molar-refractivity contribution in [3.8, 4) is 0 Å². The largest absolute Gasteiger partial charge is 0.294 e. The van der Waals surface area contributed by atoms with Crippen LogP contribution in [0.1, 0.15) is 21.5 Å². The molecular weight excluding hydrogens is 375 g/mol. The van der Waals surface area contributed by atoms with Gasteiger partial charge in [-0.15, -0.1) is 0 Å². The van der Waals surface area contributed by atoms with Crippen LogP contribution in [0.4, 0.5) is 4.39 Å². The second kappa shape index (κ2) is 5.97. The van der Waals surface area contributed by atoms with Crippen molar-refractivity contribution in [3.05, 3.63) is 67.9 Å². The van der Waals surface area contributed by atoms with E-state index in [1.165, 1.54) is 6.07 Å². The molecule has 2 aromatic rings. The van der Waals surface area contributed by atoms with Crippen LogP contribution in [0.3, 0.4) is 0 Å². The molecule has 19 heavy (non-hydrogen) atoms. The lowest BCUT2D eigenvalue weighted by atomic mass is 9.99. The number of ketones is 1. The Balaban J connectivity index is 2.31. The van der Waals surface area contributed by atoms with Crippen molar-refractivity contribution < 1.29 is 9.18 Å². The maximum Gasteiger partial charge on any atom is 0.167 e. The Labute approximate surface area is 128 Å². The van der Waals surface area contributed by atoms with E-state index in [2.05, 4.69) is 31.9 Å². The van der Waals surface area contributed by atoms with Crippen LogP contribution < -0.4 is 0 Å². The molecule has 4 heteroatoms. The number of carbonyl (C=O) groups is 1. The molecule has 0 saturated carbocycles. The van der Waals surface area contributed by atoms with Crippen molar-refractivity contribution in [2.45, 2.75) is 13.3 Å². The fourth-order valence-electron chi connectivity index (χ4n) is 1.86. The summed E-state index contributed by atoms with van der Waals surface area (Å²) >= 11 is 6.58. The van der Waals surface area contributed by atoms with Gasteiger partial charge >= 0.3 is 0 Å². The highest BCUT2D eigenvalue weighted by atomic mass is 79.9. The number of hydrogen-bond acceptors (Lipinski definition) is 1. The van der Waals surface area contributed by atoms with Crippen LogP contribution in [0.15, 0.2) is 45.3 Å². The summed E-state index contributed by atoms with van der Waals surface area (Å²) in [5.74, 6) is -0.374. The molecule has 0 bridgehead atoms. The predicted molar refractivity (Wildman–Crippen MR) is 81.0 cm³/mol. The van der Waals surface area contributed by atoms with Gasteiger partial charge in [0, 0.05) is 16.5 Å². The first-order valence-corrected chi connectivity index (χ1v) is 7.30. The van der Waals surface area contributed by atoms with Crippen molar-refractivity contribution in [2.75, 3.05) is 0 Å². The Morgan fingerprint density at radius 2 is 1.84 bits per heavy atom. The van der Waals surface area contributed by atoms with Crippen molar-refractivity contribution in [1.29, 1.82) is 0 Å². The highest BCUT2D eigenvalue weighted by Crippen LogP contribution is 2.24. The first kappa shape index (κ1) is 14.4. The maximum atomic E-state index is 13.4. The second-order valence-corrected chi connectivity index (χ2v) is 5.87. The van der Waals surface area contributed by atoms with Gasteiger partial charge in [-0.25, -0.2) is 4.39 Å². The highest BCUT2D eigenvalue weighted by Gasteiger charge is 2.14.